The number of nitrogens with two attached hydrogens (primary N) is 1. The molecule has 1 aromatic heterocycles. The SMILES string of the molecule is COC(=O)COc1cccc2c1c1c(n2Cc2cccc(C)c2)CCCCC1C(N)=O. The van der Waals surface area contributed by atoms with E-state index in [2.05, 4.69) is 35.8 Å². The molecule has 162 valence electrons. The lowest BCUT2D eigenvalue weighted by atomic mass is 9.92. The van der Waals surface area contributed by atoms with Crippen LogP contribution >= 0.6 is 0 Å². The van der Waals surface area contributed by atoms with Crippen LogP contribution in [0.1, 0.15) is 47.6 Å². The number of nitrogens with zero attached hydrogens (tertiary/aromatic N) is 1. The molecule has 0 saturated heterocycles. The molecule has 6 nitrogen and oxygen atoms in total. The number of esters is 1. The summed E-state index contributed by atoms with van der Waals surface area (Å²) in [6, 6.07) is 14.2. The first-order valence-electron chi connectivity index (χ1n) is 10.7. The smallest absolute Gasteiger partial charge is 0.343 e. The van der Waals surface area contributed by atoms with Crippen molar-refractivity contribution in [3.8, 4) is 5.75 Å². The molecular formula is C25H28N2O4. The highest BCUT2D eigenvalue weighted by Gasteiger charge is 2.31. The highest BCUT2D eigenvalue weighted by atomic mass is 16.6. The third-order valence-electron chi connectivity index (χ3n) is 6.05. The zero-order valence-corrected chi connectivity index (χ0v) is 18.0. The average Bonchev–Trinajstić information content (AvgIpc) is 2.91. The number of primary amides is 1. The topological polar surface area (TPSA) is 83.6 Å². The Bertz CT molecular complexity index is 1130. The van der Waals surface area contributed by atoms with Crippen LogP contribution in [-0.2, 0) is 27.3 Å². The first-order valence-corrected chi connectivity index (χ1v) is 10.7. The number of hydrogen-bond donors (Lipinski definition) is 1. The molecule has 2 aromatic carbocycles. The van der Waals surface area contributed by atoms with Gasteiger partial charge in [0, 0.05) is 17.6 Å². The van der Waals surface area contributed by atoms with Gasteiger partial charge in [-0.25, -0.2) is 4.79 Å². The van der Waals surface area contributed by atoms with Crippen molar-refractivity contribution in [2.24, 2.45) is 5.73 Å². The van der Waals surface area contributed by atoms with E-state index in [0.717, 1.165) is 47.8 Å². The summed E-state index contributed by atoms with van der Waals surface area (Å²) in [7, 11) is 1.33. The number of carbonyl (C=O) groups is 2. The molecule has 1 heterocycles. The monoisotopic (exact) mass is 420 g/mol. The van der Waals surface area contributed by atoms with Crippen LogP contribution in [-0.4, -0.2) is 30.2 Å². The maximum absolute atomic E-state index is 12.4. The molecule has 0 aliphatic heterocycles. The van der Waals surface area contributed by atoms with E-state index >= 15 is 0 Å². The predicted molar refractivity (Wildman–Crippen MR) is 119 cm³/mol. The molecule has 1 aliphatic carbocycles. The van der Waals surface area contributed by atoms with E-state index in [0.29, 0.717) is 12.3 Å². The number of ether oxygens (including phenoxy) is 2. The lowest BCUT2D eigenvalue weighted by Gasteiger charge is -2.14. The molecule has 0 radical (unpaired) electrons. The zero-order valence-electron chi connectivity index (χ0n) is 18.0. The highest BCUT2D eigenvalue weighted by molar-refractivity contribution is 5.97. The molecule has 4 rings (SSSR count). The fourth-order valence-corrected chi connectivity index (χ4v) is 4.65. The quantitative estimate of drug-likeness (QED) is 0.485. The van der Waals surface area contributed by atoms with Crippen molar-refractivity contribution in [3.63, 3.8) is 0 Å². The van der Waals surface area contributed by atoms with Crippen molar-refractivity contribution in [3.05, 3.63) is 64.8 Å². The second-order valence-corrected chi connectivity index (χ2v) is 8.15. The van der Waals surface area contributed by atoms with Gasteiger partial charge in [-0.1, -0.05) is 42.3 Å². The summed E-state index contributed by atoms with van der Waals surface area (Å²) >= 11 is 0. The number of benzene rings is 2. The Morgan fingerprint density at radius 2 is 1.97 bits per heavy atom. The van der Waals surface area contributed by atoms with Crippen LogP contribution in [0.5, 0.6) is 5.75 Å². The molecule has 0 saturated carbocycles. The van der Waals surface area contributed by atoms with E-state index < -0.39 is 5.97 Å². The Kier molecular flexibility index (Phi) is 5.98. The minimum atomic E-state index is -0.450. The van der Waals surface area contributed by atoms with E-state index in [1.54, 1.807) is 0 Å². The number of methoxy groups -OCH3 is 1. The van der Waals surface area contributed by atoms with Crippen molar-refractivity contribution in [1.82, 2.24) is 4.57 Å². The minimum absolute atomic E-state index is 0.186. The highest BCUT2D eigenvalue weighted by Crippen LogP contribution is 2.42. The minimum Gasteiger partial charge on any atom is -0.481 e. The van der Waals surface area contributed by atoms with Gasteiger partial charge in [0.2, 0.25) is 5.91 Å². The molecule has 1 amide bonds. The number of aromatic nitrogens is 1. The average molecular weight is 421 g/mol. The molecule has 0 spiro atoms. The Hall–Kier alpha value is -3.28. The second kappa shape index (κ2) is 8.84. The van der Waals surface area contributed by atoms with Gasteiger partial charge in [0.05, 0.1) is 18.5 Å². The first-order chi connectivity index (χ1) is 15.0. The van der Waals surface area contributed by atoms with Crippen LogP contribution in [0.2, 0.25) is 0 Å². The molecular weight excluding hydrogens is 392 g/mol. The summed E-state index contributed by atoms with van der Waals surface area (Å²) < 4.78 is 12.9. The van der Waals surface area contributed by atoms with Gasteiger partial charge in [-0.05, 0) is 49.4 Å². The van der Waals surface area contributed by atoms with Crippen LogP contribution in [0.25, 0.3) is 10.9 Å². The lowest BCUT2D eigenvalue weighted by molar-refractivity contribution is -0.142. The molecule has 31 heavy (non-hydrogen) atoms. The molecule has 1 atom stereocenters. The molecule has 1 aliphatic rings. The summed E-state index contributed by atoms with van der Waals surface area (Å²) in [4.78, 5) is 24.1. The van der Waals surface area contributed by atoms with E-state index in [4.69, 9.17) is 15.2 Å². The van der Waals surface area contributed by atoms with Crippen LogP contribution in [0.3, 0.4) is 0 Å². The summed E-state index contributed by atoms with van der Waals surface area (Å²) in [6.45, 7) is 2.59. The van der Waals surface area contributed by atoms with Crippen molar-refractivity contribution in [1.29, 1.82) is 0 Å². The number of fused-ring (bicyclic) bond motifs is 3. The van der Waals surface area contributed by atoms with Gasteiger partial charge in [0.15, 0.2) is 6.61 Å². The van der Waals surface area contributed by atoms with Crippen molar-refractivity contribution >= 4 is 22.8 Å². The molecule has 1 unspecified atom stereocenters. The van der Waals surface area contributed by atoms with E-state index in [1.165, 1.54) is 18.2 Å². The van der Waals surface area contributed by atoms with Crippen LogP contribution in [0.4, 0.5) is 0 Å². The third-order valence-corrected chi connectivity index (χ3v) is 6.05. The fourth-order valence-electron chi connectivity index (χ4n) is 4.65. The maximum Gasteiger partial charge on any atom is 0.343 e. The molecule has 0 fully saturated rings. The number of rotatable bonds is 6. The summed E-state index contributed by atoms with van der Waals surface area (Å²) in [5, 5.41) is 0.875. The van der Waals surface area contributed by atoms with E-state index in [-0.39, 0.29) is 18.4 Å². The van der Waals surface area contributed by atoms with Crippen molar-refractivity contribution < 1.29 is 19.1 Å². The van der Waals surface area contributed by atoms with E-state index in [9.17, 15) is 9.59 Å². The van der Waals surface area contributed by atoms with Gasteiger partial charge < -0.3 is 19.8 Å². The fraction of sp³-hybridized carbons (Fsp3) is 0.360. The number of amides is 1. The maximum atomic E-state index is 12.4. The molecule has 2 N–H and O–H groups in total. The van der Waals surface area contributed by atoms with Gasteiger partial charge in [-0.3, -0.25) is 4.79 Å². The lowest BCUT2D eigenvalue weighted by Crippen LogP contribution is -2.21. The normalized spacial score (nSPS) is 15.9. The summed E-state index contributed by atoms with van der Waals surface area (Å²) in [5.41, 5.74) is 11.3. The Labute approximate surface area is 181 Å². The largest absolute Gasteiger partial charge is 0.481 e. The van der Waals surface area contributed by atoms with Crippen LogP contribution < -0.4 is 10.5 Å². The third kappa shape index (κ3) is 4.15. The number of aryl methyl sites for hydroxylation is 1. The van der Waals surface area contributed by atoms with Gasteiger partial charge >= 0.3 is 5.97 Å². The van der Waals surface area contributed by atoms with Crippen LogP contribution in [0, 0.1) is 6.92 Å². The van der Waals surface area contributed by atoms with Crippen LogP contribution in [0.15, 0.2) is 42.5 Å². The van der Waals surface area contributed by atoms with Gasteiger partial charge in [-0.2, -0.15) is 0 Å². The second-order valence-electron chi connectivity index (χ2n) is 8.15. The standard InChI is InChI=1S/C25H28N2O4/c1-16-7-5-8-17(13-16)14-27-19-10-4-3-9-18(25(26)29)23(19)24-20(27)11-6-12-21(24)31-15-22(28)30-2/h5-8,11-13,18H,3-4,9-10,14-15H2,1-2H3,(H2,26,29). The number of hydrogen-bond acceptors (Lipinski definition) is 4. The van der Waals surface area contributed by atoms with Crippen molar-refractivity contribution in [2.45, 2.75) is 45.1 Å². The number of carbonyl (C=O) groups excluding carboxylic acids is 2. The predicted octanol–water partition coefficient (Wildman–Crippen LogP) is 3.85. The Morgan fingerprint density at radius 3 is 2.71 bits per heavy atom. The van der Waals surface area contributed by atoms with Crippen molar-refractivity contribution in [2.75, 3.05) is 13.7 Å². The summed E-state index contributed by atoms with van der Waals surface area (Å²) in [6.07, 6.45) is 3.53. The molecule has 6 heteroatoms. The Morgan fingerprint density at radius 1 is 1.16 bits per heavy atom. The first kappa shape index (κ1) is 21.0. The van der Waals surface area contributed by atoms with Gasteiger partial charge in [0.25, 0.3) is 0 Å². The molecule has 0 bridgehead atoms. The van der Waals surface area contributed by atoms with Gasteiger partial charge in [0.1, 0.15) is 5.75 Å². The summed E-state index contributed by atoms with van der Waals surface area (Å²) in [5.74, 6) is -0.564. The zero-order chi connectivity index (χ0) is 22.0. The van der Waals surface area contributed by atoms with E-state index in [1.807, 2.05) is 18.2 Å². The Balaban J connectivity index is 1.92. The van der Waals surface area contributed by atoms with Gasteiger partial charge in [-0.15, -0.1) is 0 Å². The molecule has 3 aromatic rings.